The van der Waals surface area contributed by atoms with Crippen LogP contribution in [0.1, 0.15) is 30.4 Å². The zero-order valence-corrected chi connectivity index (χ0v) is 16.8. The highest BCUT2D eigenvalue weighted by atomic mass is 32.1. The van der Waals surface area contributed by atoms with Gasteiger partial charge in [0.2, 0.25) is 5.91 Å². The highest BCUT2D eigenvalue weighted by Gasteiger charge is 2.23. The molecule has 2 aromatic rings. The Labute approximate surface area is 162 Å². The van der Waals surface area contributed by atoms with Gasteiger partial charge in [-0.25, -0.2) is 9.97 Å². The lowest BCUT2D eigenvalue weighted by molar-refractivity contribution is -0.128. The van der Waals surface area contributed by atoms with Crippen molar-refractivity contribution < 1.29 is 9.59 Å². The lowest BCUT2D eigenvalue weighted by Gasteiger charge is -2.35. The third-order valence-electron chi connectivity index (χ3n) is 4.60. The average Bonchev–Trinajstić information content (AvgIpc) is 3.06. The molecule has 0 aliphatic carbocycles. The summed E-state index contributed by atoms with van der Waals surface area (Å²) < 4.78 is 0.900. The van der Waals surface area contributed by atoms with Crippen LogP contribution in [0.2, 0.25) is 0 Å². The Morgan fingerprint density at radius 1 is 1.22 bits per heavy atom. The summed E-state index contributed by atoms with van der Waals surface area (Å²) in [5.74, 6) is 0.497. The van der Waals surface area contributed by atoms with Gasteiger partial charge < -0.3 is 16.0 Å². The van der Waals surface area contributed by atoms with Crippen LogP contribution in [0.25, 0.3) is 10.2 Å². The number of nitrogens with one attached hydrogen (secondary N) is 1. The third kappa shape index (κ3) is 4.54. The van der Waals surface area contributed by atoms with E-state index in [4.69, 9.17) is 5.73 Å². The fraction of sp³-hybridized carbons (Fsp3) is 0.556. The number of piperazine rings is 1. The fourth-order valence-electron chi connectivity index (χ4n) is 2.96. The highest BCUT2D eigenvalue weighted by molar-refractivity contribution is 7.21. The van der Waals surface area contributed by atoms with Gasteiger partial charge in [0.1, 0.15) is 12.1 Å². The Bertz CT molecular complexity index is 836. The number of thiophene rings is 1. The van der Waals surface area contributed by atoms with Gasteiger partial charge >= 0.3 is 0 Å². The first-order chi connectivity index (χ1) is 12.8. The zero-order chi connectivity index (χ0) is 19.6. The van der Waals surface area contributed by atoms with E-state index in [0.29, 0.717) is 11.4 Å². The molecule has 0 unspecified atom stereocenters. The third-order valence-corrected chi connectivity index (χ3v) is 5.74. The molecule has 1 aliphatic rings. The average molecular weight is 391 g/mol. The molecule has 3 heterocycles. The quantitative estimate of drug-likeness (QED) is 0.791. The molecule has 0 saturated carbocycles. The molecule has 0 spiro atoms. The molecule has 8 nitrogen and oxygen atoms in total. The molecule has 0 aromatic carbocycles. The van der Waals surface area contributed by atoms with Crippen molar-refractivity contribution in [3.05, 3.63) is 17.3 Å². The molecular formula is C18H26N6O2S. The van der Waals surface area contributed by atoms with E-state index >= 15 is 0 Å². The van der Waals surface area contributed by atoms with Gasteiger partial charge in [-0.2, -0.15) is 0 Å². The van der Waals surface area contributed by atoms with E-state index < -0.39 is 5.91 Å². The van der Waals surface area contributed by atoms with E-state index in [0.717, 1.165) is 48.8 Å². The highest BCUT2D eigenvalue weighted by Crippen LogP contribution is 2.31. The number of nitrogens with two attached hydrogens (primary N) is 1. The summed E-state index contributed by atoms with van der Waals surface area (Å²) in [6.07, 6.45) is 1.53. The van der Waals surface area contributed by atoms with E-state index in [9.17, 15) is 9.59 Å². The number of aromatic nitrogens is 2. The topological polar surface area (TPSA) is 104 Å². The van der Waals surface area contributed by atoms with Crippen LogP contribution >= 0.6 is 11.3 Å². The number of amides is 2. The minimum absolute atomic E-state index is 0.0764. The number of primary amides is 1. The smallest absolute Gasteiger partial charge is 0.258 e. The monoisotopic (exact) mass is 390 g/mol. The Morgan fingerprint density at radius 2 is 1.93 bits per heavy atom. The van der Waals surface area contributed by atoms with Gasteiger partial charge in [0.25, 0.3) is 5.91 Å². The van der Waals surface area contributed by atoms with Crippen molar-refractivity contribution >= 4 is 39.2 Å². The van der Waals surface area contributed by atoms with Gasteiger partial charge in [-0.1, -0.05) is 20.8 Å². The summed E-state index contributed by atoms with van der Waals surface area (Å²) in [4.78, 5) is 37.1. The van der Waals surface area contributed by atoms with Crippen molar-refractivity contribution in [2.45, 2.75) is 20.8 Å². The van der Waals surface area contributed by atoms with Crippen LogP contribution in [-0.2, 0) is 4.79 Å². The predicted molar refractivity (Wildman–Crippen MR) is 107 cm³/mol. The summed E-state index contributed by atoms with van der Waals surface area (Å²) >= 11 is 1.34. The first kappa shape index (κ1) is 19.5. The molecule has 0 bridgehead atoms. The lowest BCUT2D eigenvalue weighted by atomic mass is 9.96. The van der Waals surface area contributed by atoms with E-state index in [1.165, 1.54) is 17.7 Å². The van der Waals surface area contributed by atoms with Crippen LogP contribution in [0.5, 0.6) is 0 Å². The van der Waals surface area contributed by atoms with Gasteiger partial charge in [0, 0.05) is 44.7 Å². The van der Waals surface area contributed by atoms with E-state index in [-0.39, 0.29) is 11.3 Å². The molecule has 146 valence electrons. The molecule has 27 heavy (non-hydrogen) atoms. The standard InChI is InChI=1S/C18H26N6O2S/c1-18(2,3)17(26)20-4-5-23-6-8-24(9-7-23)16-14-12(21-11-22-16)10-13(27-14)15(19)25/h10-11H,4-9H2,1-3H3,(H2,19,25)(H,20,26). The van der Waals surface area contributed by atoms with Crippen LogP contribution in [0, 0.1) is 5.41 Å². The van der Waals surface area contributed by atoms with Gasteiger partial charge in [-0.15, -0.1) is 11.3 Å². The second kappa shape index (κ2) is 7.77. The summed E-state index contributed by atoms with van der Waals surface area (Å²) in [7, 11) is 0. The minimum Gasteiger partial charge on any atom is -0.365 e. The van der Waals surface area contributed by atoms with Gasteiger partial charge in [-0.3, -0.25) is 14.5 Å². The van der Waals surface area contributed by atoms with Crippen molar-refractivity contribution in [1.82, 2.24) is 20.2 Å². The Morgan fingerprint density at radius 3 is 2.56 bits per heavy atom. The van der Waals surface area contributed by atoms with Crippen LogP contribution in [0.15, 0.2) is 12.4 Å². The van der Waals surface area contributed by atoms with Crippen LogP contribution in [0.3, 0.4) is 0 Å². The molecule has 3 N–H and O–H groups in total. The molecule has 9 heteroatoms. The van der Waals surface area contributed by atoms with Crippen molar-refractivity contribution in [2.24, 2.45) is 11.1 Å². The predicted octanol–water partition coefficient (Wildman–Crippen LogP) is 1.07. The normalized spacial score (nSPS) is 15.9. The van der Waals surface area contributed by atoms with Crippen molar-refractivity contribution in [3.63, 3.8) is 0 Å². The van der Waals surface area contributed by atoms with Crippen LogP contribution < -0.4 is 16.0 Å². The summed E-state index contributed by atoms with van der Waals surface area (Å²) in [6, 6.07) is 1.72. The van der Waals surface area contributed by atoms with Crippen molar-refractivity contribution in [3.8, 4) is 0 Å². The summed E-state index contributed by atoms with van der Waals surface area (Å²) in [5, 5.41) is 2.99. The number of fused-ring (bicyclic) bond motifs is 1. The van der Waals surface area contributed by atoms with Crippen molar-refractivity contribution in [1.29, 1.82) is 0 Å². The molecule has 1 aliphatic heterocycles. The number of hydrogen-bond donors (Lipinski definition) is 2. The van der Waals surface area contributed by atoms with E-state index in [2.05, 4.69) is 25.1 Å². The first-order valence-electron chi connectivity index (χ1n) is 9.05. The Kier molecular flexibility index (Phi) is 5.61. The number of hydrogen-bond acceptors (Lipinski definition) is 7. The molecule has 1 fully saturated rings. The van der Waals surface area contributed by atoms with E-state index in [1.807, 2.05) is 20.8 Å². The fourth-order valence-corrected chi connectivity index (χ4v) is 3.94. The maximum Gasteiger partial charge on any atom is 0.258 e. The summed E-state index contributed by atoms with van der Waals surface area (Å²) in [5.41, 5.74) is 5.79. The molecule has 3 rings (SSSR count). The molecule has 0 radical (unpaired) electrons. The molecule has 2 amide bonds. The summed E-state index contributed by atoms with van der Waals surface area (Å²) in [6.45, 7) is 10.7. The SMILES string of the molecule is CC(C)(C)C(=O)NCCN1CCN(c2ncnc3cc(C(N)=O)sc23)CC1. The molecule has 1 saturated heterocycles. The molecular weight excluding hydrogens is 364 g/mol. The largest absolute Gasteiger partial charge is 0.365 e. The van der Waals surface area contributed by atoms with Crippen LogP contribution in [0.4, 0.5) is 5.82 Å². The Balaban J connectivity index is 1.57. The number of rotatable bonds is 5. The van der Waals surface area contributed by atoms with Gasteiger partial charge in [-0.05, 0) is 6.07 Å². The number of anilines is 1. The van der Waals surface area contributed by atoms with E-state index in [1.54, 1.807) is 6.07 Å². The molecule has 0 atom stereocenters. The Hall–Kier alpha value is -2.26. The maximum atomic E-state index is 11.9. The zero-order valence-electron chi connectivity index (χ0n) is 16.0. The number of carbonyl (C=O) groups is 2. The number of nitrogens with zero attached hydrogens (tertiary/aromatic N) is 4. The first-order valence-corrected chi connectivity index (χ1v) is 9.87. The van der Waals surface area contributed by atoms with Gasteiger partial charge in [0.15, 0.2) is 0 Å². The lowest BCUT2D eigenvalue weighted by Crippen LogP contribution is -2.49. The molecule has 2 aromatic heterocycles. The maximum absolute atomic E-state index is 11.9. The van der Waals surface area contributed by atoms with Gasteiger partial charge in [0.05, 0.1) is 15.1 Å². The van der Waals surface area contributed by atoms with Crippen LogP contribution in [-0.4, -0.2) is 66.0 Å². The second-order valence-electron chi connectivity index (χ2n) is 7.72. The minimum atomic E-state index is -0.439. The second-order valence-corrected chi connectivity index (χ2v) is 8.77. The number of carbonyl (C=O) groups excluding carboxylic acids is 2. The van der Waals surface area contributed by atoms with Crippen molar-refractivity contribution in [2.75, 3.05) is 44.2 Å².